The maximum Gasteiger partial charge on any atom is 0.236 e. The summed E-state index contributed by atoms with van der Waals surface area (Å²) in [6, 6.07) is 2.02. The fraction of sp³-hybridized carbons (Fsp3) is 0.538. The van der Waals surface area contributed by atoms with Crippen molar-refractivity contribution in [2.24, 2.45) is 0 Å². The molecule has 96 valence electrons. The smallest absolute Gasteiger partial charge is 0.236 e. The third-order valence-corrected chi connectivity index (χ3v) is 5.28. The van der Waals surface area contributed by atoms with Gasteiger partial charge in [0.2, 0.25) is 11.7 Å². The minimum absolute atomic E-state index is 0.718. The average Bonchev–Trinajstić information content (AvgIpc) is 3.08. The summed E-state index contributed by atoms with van der Waals surface area (Å²) in [4.78, 5) is 4.45. The number of hydrogen-bond acceptors (Lipinski definition) is 5. The lowest BCUT2D eigenvalue weighted by atomic mass is 10.0. The molecular formula is C13H16N2OS2. The lowest BCUT2D eigenvalue weighted by Gasteiger charge is -2.19. The van der Waals surface area contributed by atoms with Gasteiger partial charge in [0.1, 0.15) is 0 Å². The van der Waals surface area contributed by atoms with Crippen LogP contribution in [0.5, 0.6) is 0 Å². The highest BCUT2D eigenvalue weighted by molar-refractivity contribution is 7.99. The zero-order chi connectivity index (χ0) is 12.2. The highest BCUT2D eigenvalue weighted by Crippen LogP contribution is 2.30. The predicted octanol–water partition coefficient (Wildman–Crippen LogP) is 4.36. The van der Waals surface area contributed by atoms with E-state index in [1.807, 2.05) is 28.6 Å². The second-order valence-electron chi connectivity index (χ2n) is 4.59. The van der Waals surface area contributed by atoms with Gasteiger partial charge >= 0.3 is 0 Å². The molecule has 0 radical (unpaired) electrons. The molecule has 3 rings (SSSR count). The van der Waals surface area contributed by atoms with Gasteiger partial charge in [-0.1, -0.05) is 24.4 Å². The van der Waals surface area contributed by atoms with E-state index in [4.69, 9.17) is 4.52 Å². The summed E-state index contributed by atoms with van der Waals surface area (Å²) in [7, 11) is 0. The fourth-order valence-electron chi connectivity index (χ4n) is 2.24. The van der Waals surface area contributed by atoms with Crippen molar-refractivity contribution in [3.05, 3.63) is 22.7 Å². The van der Waals surface area contributed by atoms with Crippen LogP contribution in [-0.2, 0) is 5.75 Å². The van der Waals surface area contributed by atoms with E-state index < -0.39 is 0 Å². The first kappa shape index (κ1) is 12.2. The maximum absolute atomic E-state index is 5.30. The standard InChI is InChI=1S/C13H16N2OS2/c1-2-4-11(5-3-1)18-9-12-14-13(15-16-12)10-6-7-17-8-10/h6-8,11H,1-5,9H2. The van der Waals surface area contributed by atoms with Crippen molar-refractivity contribution in [1.82, 2.24) is 10.1 Å². The summed E-state index contributed by atoms with van der Waals surface area (Å²) >= 11 is 3.62. The molecule has 0 amide bonds. The normalized spacial score (nSPS) is 17.1. The van der Waals surface area contributed by atoms with E-state index in [-0.39, 0.29) is 0 Å². The van der Waals surface area contributed by atoms with Crippen molar-refractivity contribution < 1.29 is 4.52 Å². The number of thioether (sulfide) groups is 1. The van der Waals surface area contributed by atoms with Crippen molar-refractivity contribution in [3.63, 3.8) is 0 Å². The SMILES string of the molecule is c1cc(-c2noc(CSC3CCCCC3)n2)cs1. The first-order chi connectivity index (χ1) is 8.92. The summed E-state index contributed by atoms with van der Waals surface area (Å²) in [5.74, 6) is 2.32. The van der Waals surface area contributed by atoms with E-state index in [9.17, 15) is 0 Å². The number of thiophene rings is 1. The molecule has 1 fully saturated rings. The highest BCUT2D eigenvalue weighted by atomic mass is 32.2. The molecule has 0 N–H and O–H groups in total. The molecule has 2 aromatic rings. The van der Waals surface area contributed by atoms with Gasteiger partial charge in [0.15, 0.2) is 0 Å². The lowest BCUT2D eigenvalue weighted by molar-refractivity contribution is 0.391. The third kappa shape index (κ3) is 2.95. The van der Waals surface area contributed by atoms with Gasteiger partial charge in [-0.05, 0) is 24.3 Å². The van der Waals surface area contributed by atoms with E-state index >= 15 is 0 Å². The summed E-state index contributed by atoms with van der Waals surface area (Å²) in [6.07, 6.45) is 6.84. The van der Waals surface area contributed by atoms with Crippen molar-refractivity contribution in [2.45, 2.75) is 43.1 Å². The van der Waals surface area contributed by atoms with Crippen LogP contribution in [0.3, 0.4) is 0 Å². The molecule has 1 aliphatic rings. The van der Waals surface area contributed by atoms with Gasteiger partial charge in [-0.25, -0.2) is 0 Å². The highest BCUT2D eigenvalue weighted by Gasteiger charge is 2.16. The molecule has 0 aliphatic heterocycles. The topological polar surface area (TPSA) is 38.9 Å². The van der Waals surface area contributed by atoms with E-state index in [0.29, 0.717) is 0 Å². The zero-order valence-corrected chi connectivity index (χ0v) is 11.8. The van der Waals surface area contributed by atoms with Crippen molar-refractivity contribution in [3.8, 4) is 11.4 Å². The van der Waals surface area contributed by atoms with Crippen LogP contribution in [0, 0.1) is 0 Å². The molecule has 3 nitrogen and oxygen atoms in total. The number of rotatable bonds is 4. The van der Waals surface area contributed by atoms with Crippen molar-refractivity contribution in [2.75, 3.05) is 0 Å². The summed E-state index contributed by atoms with van der Waals surface area (Å²) in [5, 5.41) is 8.89. The van der Waals surface area contributed by atoms with Crippen LogP contribution in [0.15, 0.2) is 21.3 Å². The largest absolute Gasteiger partial charge is 0.338 e. The molecule has 0 bridgehead atoms. The van der Waals surface area contributed by atoms with Crippen LogP contribution >= 0.6 is 23.1 Å². The van der Waals surface area contributed by atoms with Gasteiger partial charge in [-0.15, -0.1) is 11.8 Å². The van der Waals surface area contributed by atoms with E-state index in [2.05, 4.69) is 10.1 Å². The quantitative estimate of drug-likeness (QED) is 0.834. The van der Waals surface area contributed by atoms with Crippen molar-refractivity contribution >= 4 is 23.1 Å². The zero-order valence-electron chi connectivity index (χ0n) is 10.2. The Morgan fingerprint density at radius 3 is 3.00 bits per heavy atom. The molecule has 1 aliphatic carbocycles. The molecule has 1 saturated carbocycles. The second kappa shape index (κ2) is 5.89. The number of hydrogen-bond donors (Lipinski definition) is 0. The van der Waals surface area contributed by atoms with Crippen LogP contribution in [0.1, 0.15) is 38.0 Å². The van der Waals surface area contributed by atoms with Gasteiger partial charge in [0.25, 0.3) is 0 Å². The molecule has 5 heteroatoms. The minimum Gasteiger partial charge on any atom is -0.338 e. The lowest BCUT2D eigenvalue weighted by Crippen LogP contribution is -2.08. The number of aromatic nitrogens is 2. The molecule has 0 atom stereocenters. The Labute approximate surface area is 115 Å². The molecular weight excluding hydrogens is 264 g/mol. The van der Waals surface area contributed by atoms with Gasteiger partial charge in [0, 0.05) is 16.2 Å². The second-order valence-corrected chi connectivity index (χ2v) is 6.66. The fourth-order valence-corrected chi connectivity index (χ4v) is 4.04. The van der Waals surface area contributed by atoms with Crippen LogP contribution in [-0.4, -0.2) is 15.4 Å². The predicted molar refractivity (Wildman–Crippen MR) is 75.8 cm³/mol. The van der Waals surface area contributed by atoms with Crippen LogP contribution < -0.4 is 0 Å². The van der Waals surface area contributed by atoms with Gasteiger partial charge in [0.05, 0.1) is 5.75 Å². The molecule has 2 aromatic heterocycles. The van der Waals surface area contributed by atoms with Gasteiger partial charge in [-0.2, -0.15) is 16.3 Å². The van der Waals surface area contributed by atoms with E-state index in [1.54, 1.807) is 11.3 Å². The summed E-state index contributed by atoms with van der Waals surface area (Å²) < 4.78 is 5.30. The Bertz CT molecular complexity index is 475. The summed E-state index contributed by atoms with van der Waals surface area (Å²) in [5.41, 5.74) is 1.05. The Hall–Kier alpha value is -0.810. The molecule has 0 unspecified atom stereocenters. The molecule has 0 aromatic carbocycles. The average molecular weight is 280 g/mol. The number of nitrogens with zero attached hydrogens (tertiary/aromatic N) is 2. The molecule has 0 saturated heterocycles. The maximum atomic E-state index is 5.30. The minimum atomic E-state index is 0.718. The van der Waals surface area contributed by atoms with Crippen molar-refractivity contribution in [1.29, 1.82) is 0 Å². The summed E-state index contributed by atoms with van der Waals surface area (Å²) in [6.45, 7) is 0. The third-order valence-electron chi connectivity index (χ3n) is 3.24. The van der Waals surface area contributed by atoms with Gasteiger partial charge in [-0.3, -0.25) is 0 Å². The Kier molecular flexibility index (Phi) is 4.00. The van der Waals surface area contributed by atoms with Crippen LogP contribution in [0.2, 0.25) is 0 Å². The molecule has 2 heterocycles. The van der Waals surface area contributed by atoms with Crippen LogP contribution in [0.25, 0.3) is 11.4 Å². The first-order valence-corrected chi connectivity index (χ1v) is 8.38. The van der Waals surface area contributed by atoms with E-state index in [1.165, 1.54) is 32.1 Å². The van der Waals surface area contributed by atoms with E-state index in [0.717, 1.165) is 28.3 Å². The van der Waals surface area contributed by atoms with Gasteiger partial charge < -0.3 is 4.52 Å². The van der Waals surface area contributed by atoms with Crippen LogP contribution in [0.4, 0.5) is 0 Å². The first-order valence-electron chi connectivity index (χ1n) is 6.38. The monoisotopic (exact) mass is 280 g/mol. The Morgan fingerprint density at radius 1 is 1.33 bits per heavy atom. The Balaban J connectivity index is 1.57. The Morgan fingerprint density at radius 2 is 2.22 bits per heavy atom. The molecule has 0 spiro atoms. The molecule has 18 heavy (non-hydrogen) atoms.